The van der Waals surface area contributed by atoms with Gasteiger partial charge in [-0.1, -0.05) is 0 Å². The fourth-order valence-electron chi connectivity index (χ4n) is 1.75. The van der Waals surface area contributed by atoms with Gasteiger partial charge in [-0.15, -0.1) is 0 Å². The zero-order valence-corrected chi connectivity index (χ0v) is 9.10. The highest BCUT2D eigenvalue weighted by Gasteiger charge is 2.57. The number of hydrogen-bond acceptors (Lipinski definition) is 7. The average molecular weight is 261 g/mol. The van der Waals surface area contributed by atoms with E-state index in [2.05, 4.69) is 4.98 Å². The second kappa shape index (κ2) is 4.28. The van der Waals surface area contributed by atoms with Gasteiger partial charge in [0.15, 0.2) is 6.23 Å². The van der Waals surface area contributed by atoms with Gasteiger partial charge in [-0.25, -0.2) is 9.18 Å². The highest BCUT2D eigenvalue weighted by atomic mass is 19.2. The lowest BCUT2D eigenvalue weighted by molar-refractivity contribution is -0.196. The number of anilines is 1. The third-order valence-corrected chi connectivity index (χ3v) is 2.70. The Morgan fingerprint density at radius 1 is 1.67 bits per heavy atom. The first-order valence-electron chi connectivity index (χ1n) is 5.08. The number of aliphatic hydroxyl groups is 3. The molecule has 0 bridgehead atoms. The number of nitrogens with two attached hydrogens (primary N) is 1. The van der Waals surface area contributed by atoms with Crippen molar-refractivity contribution in [2.24, 2.45) is 0 Å². The maximum atomic E-state index is 13.9. The summed E-state index contributed by atoms with van der Waals surface area (Å²) in [5.74, 6) is -3.29. The van der Waals surface area contributed by atoms with E-state index in [1.165, 1.54) is 6.07 Å². The molecule has 1 aliphatic heterocycles. The smallest absolute Gasteiger partial charge is 0.351 e. The number of aromatic nitrogens is 2. The van der Waals surface area contributed by atoms with E-state index in [9.17, 15) is 19.4 Å². The molecule has 1 fully saturated rings. The van der Waals surface area contributed by atoms with E-state index in [4.69, 9.17) is 15.6 Å². The van der Waals surface area contributed by atoms with Crippen LogP contribution in [0.1, 0.15) is 6.23 Å². The zero-order chi connectivity index (χ0) is 13.5. The lowest BCUT2D eigenvalue weighted by Crippen LogP contribution is -2.45. The first-order chi connectivity index (χ1) is 8.37. The van der Waals surface area contributed by atoms with Gasteiger partial charge in [-0.05, 0) is 6.07 Å². The van der Waals surface area contributed by atoms with Crippen LogP contribution in [0.25, 0.3) is 0 Å². The van der Waals surface area contributed by atoms with Crippen LogP contribution in [-0.4, -0.2) is 49.5 Å². The van der Waals surface area contributed by atoms with Gasteiger partial charge in [0.2, 0.25) is 0 Å². The molecule has 9 heteroatoms. The molecule has 5 N–H and O–H groups in total. The van der Waals surface area contributed by atoms with E-state index >= 15 is 0 Å². The number of ether oxygens (including phenoxy) is 1. The fourth-order valence-corrected chi connectivity index (χ4v) is 1.75. The van der Waals surface area contributed by atoms with Crippen molar-refractivity contribution < 1.29 is 24.4 Å². The van der Waals surface area contributed by atoms with Crippen molar-refractivity contribution in [2.45, 2.75) is 24.3 Å². The first kappa shape index (κ1) is 12.9. The first-order valence-corrected chi connectivity index (χ1v) is 5.08. The predicted octanol–water partition coefficient (Wildman–Crippen LogP) is -2.27. The van der Waals surface area contributed by atoms with Crippen molar-refractivity contribution in [3.63, 3.8) is 0 Å². The average Bonchev–Trinajstić information content (AvgIpc) is 2.52. The Hall–Kier alpha value is -1.55. The van der Waals surface area contributed by atoms with E-state index in [1.807, 2.05) is 0 Å². The molecule has 1 aromatic rings. The highest BCUT2D eigenvalue weighted by Crippen LogP contribution is 2.38. The van der Waals surface area contributed by atoms with Crippen molar-refractivity contribution in [1.82, 2.24) is 9.55 Å². The largest absolute Gasteiger partial charge is 0.394 e. The molecule has 1 saturated heterocycles. The molecular weight excluding hydrogens is 249 g/mol. The number of nitrogens with zero attached hydrogens (tertiary/aromatic N) is 2. The van der Waals surface area contributed by atoms with E-state index in [-0.39, 0.29) is 5.82 Å². The Morgan fingerprint density at radius 3 is 2.83 bits per heavy atom. The Morgan fingerprint density at radius 2 is 2.33 bits per heavy atom. The standard InChI is InChI=1S/C9H12FN3O5/c10-9(17)6(15)4(3-14)18-7(9)13-2-1-5(11)12-8(13)16/h1-2,4,6-7,14-15,17H,3H2,(H2,11,12,16)/t4-,6?,7-,9+/m1/s1. The van der Waals surface area contributed by atoms with Crippen LogP contribution >= 0.6 is 0 Å². The van der Waals surface area contributed by atoms with Crippen molar-refractivity contribution in [1.29, 1.82) is 0 Å². The van der Waals surface area contributed by atoms with Crippen LogP contribution in [0, 0.1) is 0 Å². The summed E-state index contributed by atoms with van der Waals surface area (Å²) in [6.45, 7) is -0.707. The minimum atomic E-state index is -3.21. The number of rotatable bonds is 2. The van der Waals surface area contributed by atoms with Gasteiger partial charge in [0, 0.05) is 6.20 Å². The predicted molar refractivity (Wildman–Crippen MR) is 56.0 cm³/mol. The number of hydrogen-bond donors (Lipinski definition) is 4. The lowest BCUT2D eigenvalue weighted by atomic mass is 10.1. The molecule has 0 amide bonds. The Balaban J connectivity index is 2.42. The summed E-state index contributed by atoms with van der Waals surface area (Å²) in [5, 5.41) is 27.8. The van der Waals surface area contributed by atoms with Gasteiger partial charge in [-0.2, -0.15) is 4.98 Å². The highest BCUT2D eigenvalue weighted by molar-refractivity contribution is 5.23. The molecule has 1 aliphatic rings. The third kappa shape index (κ3) is 1.86. The number of alkyl halides is 1. The van der Waals surface area contributed by atoms with Gasteiger partial charge in [0.25, 0.3) is 5.85 Å². The number of halogens is 1. The maximum absolute atomic E-state index is 13.9. The quantitative estimate of drug-likeness (QED) is 0.472. The summed E-state index contributed by atoms with van der Waals surface area (Å²) >= 11 is 0. The Labute approximate surface area is 100 Å². The number of nitrogen functional groups attached to an aromatic ring is 1. The molecule has 0 saturated carbocycles. The molecule has 18 heavy (non-hydrogen) atoms. The molecule has 0 aliphatic carbocycles. The van der Waals surface area contributed by atoms with Crippen LogP contribution in [0.2, 0.25) is 0 Å². The molecular formula is C9H12FN3O5. The van der Waals surface area contributed by atoms with E-state index in [0.29, 0.717) is 4.57 Å². The molecule has 0 aromatic carbocycles. The molecule has 0 spiro atoms. The van der Waals surface area contributed by atoms with Crippen molar-refractivity contribution in [3.05, 3.63) is 22.7 Å². The summed E-state index contributed by atoms with van der Waals surface area (Å²) in [5.41, 5.74) is 4.32. The van der Waals surface area contributed by atoms with Crippen LogP contribution < -0.4 is 11.4 Å². The van der Waals surface area contributed by atoms with E-state index < -0.39 is 36.6 Å². The lowest BCUT2D eigenvalue weighted by Gasteiger charge is -2.23. The second-order valence-electron chi connectivity index (χ2n) is 3.92. The molecule has 2 heterocycles. The molecule has 2 rings (SSSR count). The van der Waals surface area contributed by atoms with E-state index in [0.717, 1.165) is 6.20 Å². The van der Waals surface area contributed by atoms with Crippen molar-refractivity contribution in [2.75, 3.05) is 12.3 Å². The second-order valence-corrected chi connectivity index (χ2v) is 3.92. The van der Waals surface area contributed by atoms with Crippen LogP contribution in [0.5, 0.6) is 0 Å². The zero-order valence-electron chi connectivity index (χ0n) is 9.10. The minimum absolute atomic E-state index is 0.0732. The van der Waals surface area contributed by atoms with Crippen LogP contribution in [0.4, 0.5) is 10.2 Å². The molecule has 8 nitrogen and oxygen atoms in total. The van der Waals surface area contributed by atoms with Crippen LogP contribution in [-0.2, 0) is 4.74 Å². The Bertz CT molecular complexity index is 505. The molecule has 4 atom stereocenters. The molecule has 100 valence electrons. The molecule has 1 aromatic heterocycles. The Kier molecular flexibility index (Phi) is 3.07. The maximum Gasteiger partial charge on any atom is 0.351 e. The monoisotopic (exact) mass is 261 g/mol. The molecule has 0 radical (unpaired) electrons. The van der Waals surface area contributed by atoms with Gasteiger partial charge >= 0.3 is 5.69 Å². The minimum Gasteiger partial charge on any atom is -0.394 e. The van der Waals surface area contributed by atoms with Gasteiger partial charge in [-0.3, -0.25) is 4.57 Å². The topological polar surface area (TPSA) is 131 Å². The fraction of sp³-hybridized carbons (Fsp3) is 0.556. The molecule has 1 unspecified atom stereocenters. The van der Waals surface area contributed by atoms with Crippen molar-refractivity contribution in [3.8, 4) is 0 Å². The van der Waals surface area contributed by atoms with Gasteiger partial charge in [0.1, 0.15) is 18.0 Å². The summed E-state index contributed by atoms with van der Waals surface area (Å²) in [4.78, 5) is 14.8. The van der Waals surface area contributed by atoms with E-state index in [1.54, 1.807) is 0 Å². The summed E-state index contributed by atoms with van der Waals surface area (Å²) in [6, 6.07) is 1.21. The number of aliphatic hydroxyl groups excluding tert-OH is 2. The summed E-state index contributed by atoms with van der Waals surface area (Å²) in [7, 11) is 0. The van der Waals surface area contributed by atoms with Gasteiger partial charge < -0.3 is 25.8 Å². The SMILES string of the molecule is Nc1ccn([C@@H]2O[C@H](CO)C(O)[C@@]2(O)F)c(=O)n1. The van der Waals surface area contributed by atoms with Crippen LogP contribution in [0.15, 0.2) is 17.1 Å². The summed E-state index contributed by atoms with van der Waals surface area (Å²) < 4.78 is 19.5. The third-order valence-electron chi connectivity index (χ3n) is 2.70. The normalized spacial score (nSPS) is 35.9. The summed E-state index contributed by atoms with van der Waals surface area (Å²) in [6.07, 6.45) is -4.04. The van der Waals surface area contributed by atoms with Crippen LogP contribution in [0.3, 0.4) is 0 Å². The van der Waals surface area contributed by atoms with Gasteiger partial charge in [0.05, 0.1) is 6.61 Å². The van der Waals surface area contributed by atoms with Crippen molar-refractivity contribution >= 4 is 5.82 Å².